The fourth-order valence-electron chi connectivity index (χ4n) is 2.86. The van der Waals surface area contributed by atoms with Crippen molar-refractivity contribution in [1.82, 2.24) is 0 Å². The number of anilines is 2. The maximum absolute atomic E-state index is 12.5. The van der Waals surface area contributed by atoms with Crippen molar-refractivity contribution in [2.45, 2.75) is 0 Å². The molecule has 8 heteroatoms. The summed E-state index contributed by atoms with van der Waals surface area (Å²) in [5.41, 5.74) is 0.708. The molecule has 0 atom stereocenters. The Labute approximate surface area is 158 Å². The Bertz CT molecular complexity index is 1130. The van der Waals surface area contributed by atoms with Crippen LogP contribution in [0.15, 0.2) is 66.7 Å². The van der Waals surface area contributed by atoms with E-state index in [1.807, 2.05) is 0 Å². The molecule has 1 heterocycles. The zero-order valence-corrected chi connectivity index (χ0v) is 14.3. The summed E-state index contributed by atoms with van der Waals surface area (Å²) in [7, 11) is 0. The van der Waals surface area contributed by atoms with Crippen molar-refractivity contribution >= 4 is 28.9 Å². The van der Waals surface area contributed by atoms with Gasteiger partial charge in [0.1, 0.15) is 11.3 Å². The van der Waals surface area contributed by atoms with Crippen molar-refractivity contribution in [3.8, 4) is 11.5 Å². The average Bonchev–Trinajstić information content (AvgIpc) is 2.83. The Morgan fingerprint density at radius 2 is 1.75 bits per heavy atom. The van der Waals surface area contributed by atoms with Crippen LogP contribution in [0.25, 0.3) is 0 Å². The van der Waals surface area contributed by atoms with Crippen LogP contribution in [0.3, 0.4) is 0 Å². The lowest BCUT2D eigenvalue weighted by Gasteiger charge is -2.10. The molecule has 4 rings (SSSR count). The van der Waals surface area contributed by atoms with Crippen LogP contribution in [0.2, 0.25) is 0 Å². The van der Waals surface area contributed by atoms with Crippen molar-refractivity contribution in [3.63, 3.8) is 0 Å². The highest BCUT2D eigenvalue weighted by molar-refractivity contribution is 6.10. The molecule has 2 N–H and O–H groups in total. The molecule has 28 heavy (non-hydrogen) atoms. The van der Waals surface area contributed by atoms with Crippen molar-refractivity contribution in [1.29, 1.82) is 0 Å². The van der Waals surface area contributed by atoms with E-state index < -0.39 is 10.8 Å². The second-order valence-corrected chi connectivity index (χ2v) is 5.99. The Morgan fingerprint density at radius 1 is 1.00 bits per heavy atom. The number of rotatable bonds is 3. The molecule has 3 aromatic rings. The highest BCUT2D eigenvalue weighted by atomic mass is 16.6. The number of ether oxygens (including phenoxy) is 1. The van der Waals surface area contributed by atoms with Gasteiger partial charge in [0.15, 0.2) is 5.75 Å². The molecule has 0 unspecified atom stereocenters. The van der Waals surface area contributed by atoms with E-state index in [-0.39, 0.29) is 22.7 Å². The minimum Gasteiger partial charge on any atom is -0.454 e. The van der Waals surface area contributed by atoms with Crippen molar-refractivity contribution in [2.75, 3.05) is 10.6 Å². The highest BCUT2D eigenvalue weighted by Crippen LogP contribution is 2.36. The summed E-state index contributed by atoms with van der Waals surface area (Å²) < 4.78 is 5.78. The molecule has 138 valence electrons. The minimum absolute atomic E-state index is 0.0736. The zero-order valence-electron chi connectivity index (χ0n) is 14.3. The van der Waals surface area contributed by atoms with Gasteiger partial charge in [-0.05, 0) is 36.4 Å². The molecular formula is C20H13N3O5. The van der Waals surface area contributed by atoms with Gasteiger partial charge in [0, 0.05) is 11.8 Å². The van der Waals surface area contributed by atoms with Gasteiger partial charge in [0.25, 0.3) is 17.5 Å². The van der Waals surface area contributed by atoms with E-state index in [0.717, 1.165) is 0 Å². The monoisotopic (exact) mass is 375 g/mol. The number of hydrogen-bond donors (Lipinski definition) is 2. The van der Waals surface area contributed by atoms with Crippen molar-refractivity contribution in [3.05, 3.63) is 88.0 Å². The lowest BCUT2D eigenvalue weighted by molar-refractivity contribution is -0.385. The molecule has 2 amide bonds. The van der Waals surface area contributed by atoms with Crippen LogP contribution in [0.4, 0.5) is 17.1 Å². The van der Waals surface area contributed by atoms with E-state index in [9.17, 15) is 19.7 Å². The quantitative estimate of drug-likeness (QED) is 0.526. The number of benzene rings is 3. The van der Waals surface area contributed by atoms with E-state index in [0.29, 0.717) is 22.9 Å². The Morgan fingerprint density at radius 3 is 2.57 bits per heavy atom. The van der Waals surface area contributed by atoms with Crippen LogP contribution < -0.4 is 15.4 Å². The average molecular weight is 375 g/mol. The first-order valence-electron chi connectivity index (χ1n) is 8.30. The number of amides is 2. The van der Waals surface area contributed by atoms with E-state index >= 15 is 0 Å². The number of hydrogen-bond acceptors (Lipinski definition) is 5. The van der Waals surface area contributed by atoms with Crippen LogP contribution in [0, 0.1) is 10.1 Å². The van der Waals surface area contributed by atoms with Gasteiger partial charge in [-0.25, -0.2) is 0 Å². The van der Waals surface area contributed by atoms with Gasteiger partial charge < -0.3 is 15.4 Å². The predicted octanol–water partition coefficient (Wildman–Crippen LogP) is 4.21. The summed E-state index contributed by atoms with van der Waals surface area (Å²) >= 11 is 0. The number of nitrogens with one attached hydrogen (secondary N) is 2. The standard InChI is InChI=1S/C20H13N3O5/c24-19(13-5-1-3-7-16(13)23(26)27)21-12-9-10-17-14(11-12)20(25)22-15-6-2-4-8-18(15)28-17/h1-11H,(H,21,24)(H,22,25). The van der Waals surface area contributed by atoms with E-state index in [2.05, 4.69) is 10.6 Å². The third-order valence-electron chi connectivity index (χ3n) is 4.18. The first-order chi connectivity index (χ1) is 13.5. The molecular weight excluding hydrogens is 362 g/mol. The van der Waals surface area contributed by atoms with Crippen molar-refractivity contribution in [2.24, 2.45) is 0 Å². The highest BCUT2D eigenvalue weighted by Gasteiger charge is 2.23. The first kappa shape index (κ1) is 17.2. The molecule has 0 saturated heterocycles. The molecule has 0 fully saturated rings. The number of nitro groups is 1. The zero-order chi connectivity index (χ0) is 19.7. The van der Waals surface area contributed by atoms with Crippen LogP contribution in [0.5, 0.6) is 11.5 Å². The molecule has 3 aromatic carbocycles. The fourth-order valence-corrected chi connectivity index (χ4v) is 2.86. The predicted molar refractivity (Wildman–Crippen MR) is 102 cm³/mol. The molecule has 0 radical (unpaired) electrons. The van der Waals surface area contributed by atoms with Gasteiger partial charge in [-0.1, -0.05) is 24.3 Å². The molecule has 8 nitrogen and oxygen atoms in total. The fraction of sp³-hybridized carbons (Fsp3) is 0. The van der Waals surface area contributed by atoms with E-state index in [1.165, 1.54) is 30.3 Å². The Hall–Kier alpha value is -4.20. The molecule has 0 saturated carbocycles. The largest absolute Gasteiger partial charge is 0.454 e. The smallest absolute Gasteiger partial charge is 0.282 e. The van der Waals surface area contributed by atoms with Crippen LogP contribution in [0.1, 0.15) is 20.7 Å². The number of carbonyl (C=O) groups excluding carboxylic acids is 2. The summed E-state index contributed by atoms with van der Waals surface area (Å²) in [5, 5.41) is 16.5. The van der Waals surface area contributed by atoms with Gasteiger partial charge in [-0.15, -0.1) is 0 Å². The summed E-state index contributed by atoms with van der Waals surface area (Å²) in [6, 6.07) is 17.2. The topological polar surface area (TPSA) is 111 Å². The van der Waals surface area contributed by atoms with E-state index in [1.54, 1.807) is 36.4 Å². The second-order valence-electron chi connectivity index (χ2n) is 5.99. The molecule has 0 aromatic heterocycles. The van der Waals surface area contributed by atoms with Gasteiger partial charge in [-0.3, -0.25) is 19.7 Å². The molecule has 0 spiro atoms. The van der Waals surface area contributed by atoms with E-state index in [4.69, 9.17) is 4.74 Å². The second kappa shape index (κ2) is 6.84. The third-order valence-corrected chi connectivity index (χ3v) is 4.18. The number of fused-ring (bicyclic) bond motifs is 2. The maximum Gasteiger partial charge on any atom is 0.282 e. The number of nitro benzene ring substituents is 1. The number of carbonyl (C=O) groups is 2. The first-order valence-corrected chi connectivity index (χ1v) is 8.30. The van der Waals surface area contributed by atoms with Gasteiger partial charge in [-0.2, -0.15) is 0 Å². The normalized spacial score (nSPS) is 11.9. The third kappa shape index (κ3) is 3.14. The molecule has 0 bridgehead atoms. The number of para-hydroxylation sites is 3. The number of nitrogens with zero attached hydrogens (tertiary/aromatic N) is 1. The van der Waals surface area contributed by atoms with Crippen LogP contribution in [-0.4, -0.2) is 16.7 Å². The lowest BCUT2D eigenvalue weighted by Crippen LogP contribution is -2.15. The Kier molecular flexibility index (Phi) is 4.21. The summed E-state index contributed by atoms with van der Waals surface area (Å²) in [6.07, 6.45) is 0. The Balaban J connectivity index is 1.64. The van der Waals surface area contributed by atoms with Crippen LogP contribution >= 0.6 is 0 Å². The van der Waals surface area contributed by atoms with Gasteiger partial charge >= 0.3 is 0 Å². The van der Waals surface area contributed by atoms with Crippen LogP contribution in [-0.2, 0) is 0 Å². The summed E-state index contributed by atoms with van der Waals surface area (Å²) in [4.78, 5) is 35.5. The summed E-state index contributed by atoms with van der Waals surface area (Å²) in [6.45, 7) is 0. The minimum atomic E-state index is -0.648. The molecule has 0 aliphatic carbocycles. The summed E-state index contributed by atoms with van der Waals surface area (Å²) in [5.74, 6) is -0.190. The SMILES string of the molecule is O=C1Nc2ccccc2Oc2ccc(NC(=O)c3ccccc3[N+](=O)[O-])cc21. The molecule has 1 aliphatic rings. The maximum atomic E-state index is 12.5. The molecule has 1 aliphatic heterocycles. The lowest BCUT2D eigenvalue weighted by atomic mass is 10.1. The van der Waals surface area contributed by atoms with Gasteiger partial charge in [0.2, 0.25) is 0 Å². The van der Waals surface area contributed by atoms with Crippen molar-refractivity contribution < 1.29 is 19.2 Å². The van der Waals surface area contributed by atoms with Gasteiger partial charge in [0.05, 0.1) is 16.2 Å².